The number of thiophene rings is 1. The summed E-state index contributed by atoms with van der Waals surface area (Å²) in [5.74, 6) is 1.53. The van der Waals surface area contributed by atoms with Crippen LogP contribution in [0.5, 0.6) is 0 Å². The number of primary sulfonamides is 1. The van der Waals surface area contributed by atoms with E-state index < -0.39 is 10.0 Å². The summed E-state index contributed by atoms with van der Waals surface area (Å²) >= 11 is 1.61. The van der Waals surface area contributed by atoms with Crippen molar-refractivity contribution >= 4 is 37.4 Å². The summed E-state index contributed by atoms with van der Waals surface area (Å²) < 4.78 is 28.6. The number of ether oxygens (including phenoxy) is 1. The molecule has 1 fully saturated rings. The third-order valence-electron chi connectivity index (χ3n) is 5.75. The molecule has 176 valence electrons. The van der Waals surface area contributed by atoms with Gasteiger partial charge in [0, 0.05) is 30.6 Å². The Morgan fingerprint density at radius 2 is 1.76 bits per heavy atom. The van der Waals surface area contributed by atoms with E-state index in [1.807, 2.05) is 18.2 Å². The molecule has 1 aliphatic heterocycles. The van der Waals surface area contributed by atoms with Gasteiger partial charge in [0.15, 0.2) is 0 Å². The number of nitrogens with two attached hydrogens (primary N) is 1. The molecule has 0 atom stereocenters. The van der Waals surface area contributed by atoms with Crippen LogP contribution in [-0.2, 0) is 27.8 Å². The Morgan fingerprint density at radius 3 is 2.47 bits per heavy atom. The summed E-state index contributed by atoms with van der Waals surface area (Å²) in [6.07, 6.45) is 0. The first-order valence-corrected chi connectivity index (χ1v) is 13.4. The van der Waals surface area contributed by atoms with Crippen molar-refractivity contribution in [1.82, 2.24) is 14.9 Å². The first-order chi connectivity index (χ1) is 16.5. The molecule has 1 saturated heterocycles. The Kier molecular flexibility index (Phi) is 6.57. The van der Waals surface area contributed by atoms with Crippen LogP contribution in [0.25, 0.3) is 21.3 Å². The van der Waals surface area contributed by atoms with Gasteiger partial charge in [0.25, 0.3) is 0 Å². The average molecular weight is 496 g/mol. The molecule has 10 heteroatoms. The molecule has 5 rings (SSSR count). The Bertz CT molecular complexity index is 1380. The van der Waals surface area contributed by atoms with Gasteiger partial charge in [-0.3, -0.25) is 4.90 Å². The lowest BCUT2D eigenvalue weighted by atomic mass is 10.1. The predicted molar refractivity (Wildman–Crippen MR) is 134 cm³/mol. The van der Waals surface area contributed by atoms with Crippen molar-refractivity contribution in [2.24, 2.45) is 5.14 Å². The highest BCUT2D eigenvalue weighted by Crippen LogP contribution is 2.37. The molecule has 0 aliphatic carbocycles. The third kappa shape index (κ3) is 5.11. The Hall–Kier alpha value is -2.89. The molecule has 3 heterocycles. The van der Waals surface area contributed by atoms with Crippen LogP contribution in [0.2, 0.25) is 0 Å². The smallest absolute Gasteiger partial charge is 0.238 e. The van der Waals surface area contributed by atoms with Crippen LogP contribution in [0.1, 0.15) is 11.4 Å². The van der Waals surface area contributed by atoms with E-state index in [2.05, 4.69) is 27.7 Å². The van der Waals surface area contributed by atoms with E-state index in [9.17, 15) is 8.42 Å². The second-order valence-electron chi connectivity index (χ2n) is 8.12. The summed E-state index contributed by atoms with van der Waals surface area (Å²) in [5.41, 5.74) is 3.12. The van der Waals surface area contributed by atoms with E-state index in [4.69, 9.17) is 19.8 Å². The van der Waals surface area contributed by atoms with Crippen molar-refractivity contribution in [3.8, 4) is 11.1 Å². The molecule has 0 radical (unpaired) electrons. The van der Waals surface area contributed by atoms with Gasteiger partial charge in [-0.05, 0) is 23.3 Å². The highest BCUT2D eigenvalue weighted by atomic mass is 32.2. The maximum absolute atomic E-state index is 11.5. The number of anilines is 1. The Balaban J connectivity index is 1.48. The van der Waals surface area contributed by atoms with E-state index >= 15 is 0 Å². The number of hydrogen-bond acceptors (Lipinski definition) is 8. The standard InChI is InChI=1S/C24H25N5O3S2/c25-34(30,31)19-8-6-17(7-9-19)14-26-23-22-20(18-4-2-1-3-5-18)16-33-24(22)28-21(27-23)15-29-10-12-32-13-11-29/h1-9,16H,10-15H2,(H2,25,30,31)(H,26,27,28). The van der Waals surface area contributed by atoms with Gasteiger partial charge in [0.1, 0.15) is 16.5 Å². The summed E-state index contributed by atoms with van der Waals surface area (Å²) in [5, 5.41) is 11.8. The lowest BCUT2D eigenvalue weighted by Gasteiger charge is -2.25. The van der Waals surface area contributed by atoms with Crippen LogP contribution >= 0.6 is 11.3 Å². The van der Waals surface area contributed by atoms with Gasteiger partial charge < -0.3 is 10.1 Å². The van der Waals surface area contributed by atoms with E-state index in [1.165, 1.54) is 12.1 Å². The van der Waals surface area contributed by atoms with Crippen LogP contribution in [-0.4, -0.2) is 49.6 Å². The Morgan fingerprint density at radius 1 is 1.03 bits per heavy atom. The second-order valence-corrected chi connectivity index (χ2v) is 10.5. The highest BCUT2D eigenvalue weighted by Gasteiger charge is 2.18. The number of morpholine rings is 1. The van der Waals surface area contributed by atoms with Gasteiger partial charge in [-0.25, -0.2) is 23.5 Å². The number of aromatic nitrogens is 2. The zero-order valence-corrected chi connectivity index (χ0v) is 20.1. The van der Waals surface area contributed by atoms with Crippen molar-refractivity contribution in [3.05, 3.63) is 71.4 Å². The van der Waals surface area contributed by atoms with E-state index in [0.29, 0.717) is 13.1 Å². The summed E-state index contributed by atoms with van der Waals surface area (Å²) in [7, 11) is -3.72. The highest BCUT2D eigenvalue weighted by molar-refractivity contribution is 7.89. The summed E-state index contributed by atoms with van der Waals surface area (Å²) in [6, 6.07) is 16.8. The minimum absolute atomic E-state index is 0.0951. The normalized spacial score (nSPS) is 15.0. The Labute approximate surface area is 202 Å². The molecule has 2 aromatic carbocycles. The number of nitrogens with one attached hydrogen (secondary N) is 1. The molecule has 0 unspecified atom stereocenters. The zero-order valence-electron chi connectivity index (χ0n) is 18.5. The maximum Gasteiger partial charge on any atom is 0.238 e. The fourth-order valence-corrected chi connectivity index (χ4v) is 5.44. The second kappa shape index (κ2) is 9.77. The largest absolute Gasteiger partial charge is 0.379 e. The van der Waals surface area contributed by atoms with Crippen molar-refractivity contribution in [3.63, 3.8) is 0 Å². The van der Waals surface area contributed by atoms with Gasteiger partial charge in [-0.2, -0.15) is 0 Å². The van der Waals surface area contributed by atoms with E-state index in [-0.39, 0.29) is 4.90 Å². The summed E-state index contributed by atoms with van der Waals surface area (Å²) in [4.78, 5) is 13.1. The van der Waals surface area contributed by atoms with Crippen molar-refractivity contribution in [1.29, 1.82) is 0 Å². The maximum atomic E-state index is 11.5. The molecule has 0 spiro atoms. The van der Waals surface area contributed by atoms with Crippen molar-refractivity contribution in [2.75, 3.05) is 31.6 Å². The number of nitrogens with zero attached hydrogens (tertiary/aromatic N) is 3. The predicted octanol–water partition coefficient (Wildman–Crippen LogP) is 3.45. The van der Waals surface area contributed by atoms with Gasteiger partial charge in [-0.1, -0.05) is 42.5 Å². The number of hydrogen-bond donors (Lipinski definition) is 2. The molecule has 0 saturated carbocycles. The van der Waals surface area contributed by atoms with Crippen molar-refractivity contribution in [2.45, 2.75) is 18.0 Å². The molecular weight excluding hydrogens is 470 g/mol. The van der Waals surface area contributed by atoms with Crippen molar-refractivity contribution < 1.29 is 13.2 Å². The molecule has 4 aromatic rings. The van der Waals surface area contributed by atoms with Gasteiger partial charge in [0.05, 0.1) is 30.0 Å². The van der Waals surface area contributed by atoms with Crippen LogP contribution in [0, 0.1) is 0 Å². The molecule has 1 aliphatic rings. The summed E-state index contributed by atoms with van der Waals surface area (Å²) in [6.45, 7) is 4.31. The molecule has 8 nitrogen and oxygen atoms in total. The lowest BCUT2D eigenvalue weighted by Crippen LogP contribution is -2.36. The molecule has 34 heavy (non-hydrogen) atoms. The zero-order chi connectivity index (χ0) is 23.5. The van der Waals surface area contributed by atoms with Gasteiger partial charge in [0.2, 0.25) is 10.0 Å². The molecule has 0 amide bonds. The minimum Gasteiger partial charge on any atom is -0.379 e. The van der Waals surface area contributed by atoms with Crippen LogP contribution < -0.4 is 10.5 Å². The third-order valence-corrected chi connectivity index (χ3v) is 7.55. The first-order valence-electron chi connectivity index (χ1n) is 11.0. The van der Waals surface area contributed by atoms with Gasteiger partial charge >= 0.3 is 0 Å². The van der Waals surface area contributed by atoms with Gasteiger partial charge in [-0.15, -0.1) is 11.3 Å². The lowest BCUT2D eigenvalue weighted by molar-refractivity contribution is 0.0331. The van der Waals surface area contributed by atoms with Crippen LogP contribution in [0.15, 0.2) is 64.9 Å². The monoisotopic (exact) mass is 495 g/mol. The quantitative estimate of drug-likeness (QED) is 0.404. The van der Waals surface area contributed by atoms with E-state index in [1.54, 1.807) is 23.5 Å². The van der Waals surface area contributed by atoms with Crippen LogP contribution in [0.4, 0.5) is 5.82 Å². The van der Waals surface area contributed by atoms with Crippen LogP contribution in [0.3, 0.4) is 0 Å². The number of benzene rings is 2. The molecular formula is C24H25N5O3S2. The average Bonchev–Trinajstić information content (AvgIpc) is 3.28. The first kappa shape index (κ1) is 22.9. The topological polar surface area (TPSA) is 110 Å². The fourth-order valence-electron chi connectivity index (χ4n) is 3.96. The molecule has 3 N–H and O–H groups in total. The number of sulfonamides is 1. The molecule has 2 aromatic heterocycles. The van der Waals surface area contributed by atoms with E-state index in [0.717, 1.165) is 64.9 Å². The fraction of sp³-hybridized carbons (Fsp3) is 0.250. The number of fused-ring (bicyclic) bond motifs is 1. The number of rotatable bonds is 7. The SMILES string of the molecule is NS(=O)(=O)c1ccc(CNc2nc(CN3CCOCC3)nc3scc(-c4ccccc4)c23)cc1. The molecule has 0 bridgehead atoms. The minimum atomic E-state index is -3.72.